The molecule has 14 heteroatoms. The Morgan fingerprint density at radius 2 is 0.773 bits per heavy atom. The molecule has 10 N–H and O–H groups in total. The minimum absolute atomic E-state index is 0. The maximum Gasteiger partial charge on any atom is 2.00 e. The molecular formula is C8H26F6GeN6Ni. The Hall–Kier alpha value is 0.376. The van der Waals surface area contributed by atoms with E-state index in [1.807, 2.05) is 0 Å². The van der Waals surface area contributed by atoms with Crippen LogP contribution >= 0.6 is 0 Å². The molecule has 0 atom stereocenters. The first kappa shape index (κ1) is 30.3. The fourth-order valence-electron chi connectivity index (χ4n) is 0.631. The van der Waals surface area contributed by atoms with Crippen molar-refractivity contribution in [2.75, 3.05) is 52.4 Å². The standard InChI is InChI=1S/C6H18N4.C2H8N2.F6Ge.Ni/c7-1-3-9-5-6-10-4-2-8;3-1-2-4;1-7(2,3,4,5)6;/h9-10H,1-8H2;1-4H2;;/q;;-2;+2. The smallest absolute Gasteiger partial charge is 2.00 e. The van der Waals surface area contributed by atoms with Crippen molar-refractivity contribution in [3.8, 4) is 0 Å². The van der Waals surface area contributed by atoms with Gasteiger partial charge in [-0.2, -0.15) is 0 Å². The van der Waals surface area contributed by atoms with Crippen LogP contribution in [0.15, 0.2) is 0 Å². The number of hydrogen-bond donors (Lipinski definition) is 6. The first-order valence-corrected chi connectivity index (χ1v) is 10.9. The quantitative estimate of drug-likeness (QED) is 0.162. The monoisotopic (exact) mass is 452 g/mol. The molecule has 0 radical (unpaired) electrons. The van der Waals surface area contributed by atoms with E-state index in [-0.39, 0.29) is 16.5 Å². The number of hydrogen-bond acceptors (Lipinski definition) is 6. The van der Waals surface area contributed by atoms with Crippen molar-refractivity contribution >= 4 is 13.9 Å². The van der Waals surface area contributed by atoms with Gasteiger partial charge in [-0.25, -0.2) is 0 Å². The summed E-state index contributed by atoms with van der Waals surface area (Å²) in [5, 5.41) is 6.33. The SMILES string of the molecule is NCCN.NCCNCCNCCN.[F][Ge-2]([F])([F])([F])([F])[F].[Ni+2]. The molecule has 0 aliphatic rings. The van der Waals surface area contributed by atoms with E-state index in [4.69, 9.17) is 22.9 Å². The molecule has 0 unspecified atom stereocenters. The molecule has 0 saturated carbocycles. The second-order valence-electron chi connectivity index (χ2n) is 3.73. The molecule has 0 aliphatic carbocycles. The zero-order chi connectivity index (χ0) is 17.5. The van der Waals surface area contributed by atoms with Crippen molar-refractivity contribution in [3.63, 3.8) is 0 Å². The zero-order valence-electron chi connectivity index (χ0n) is 12.1. The molecule has 0 spiro atoms. The van der Waals surface area contributed by atoms with Crippen molar-refractivity contribution < 1.29 is 37.5 Å². The average Bonchev–Trinajstić information content (AvgIpc) is 2.30. The summed E-state index contributed by atoms with van der Waals surface area (Å²) in [6.07, 6.45) is 0. The topological polar surface area (TPSA) is 128 Å². The number of nitrogens with one attached hydrogen (secondary N) is 2. The molecule has 0 bridgehead atoms. The summed E-state index contributed by atoms with van der Waals surface area (Å²) in [5.74, 6) is 0. The van der Waals surface area contributed by atoms with E-state index in [1.165, 1.54) is 0 Å². The van der Waals surface area contributed by atoms with Crippen molar-refractivity contribution in [1.82, 2.24) is 10.6 Å². The van der Waals surface area contributed by atoms with E-state index >= 15 is 0 Å². The minimum Gasteiger partial charge on any atom is 2.00 e. The Morgan fingerprint density at radius 3 is 0.909 bits per heavy atom. The van der Waals surface area contributed by atoms with Gasteiger partial charge >= 0.3 is 51.4 Å². The van der Waals surface area contributed by atoms with Crippen molar-refractivity contribution in [3.05, 3.63) is 0 Å². The van der Waals surface area contributed by atoms with Crippen LogP contribution in [0.3, 0.4) is 0 Å². The van der Waals surface area contributed by atoms with Gasteiger partial charge in [-0.15, -0.1) is 0 Å². The van der Waals surface area contributed by atoms with Gasteiger partial charge in [0.1, 0.15) is 0 Å². The van der Waals surface area contributed by atoms with Crippen LogP contribution in [0.25, 0.3) is 0 Å². The van der Waals surface area contributed by atoms with Crippen LogP contribution in [0.5, 0.6) is 0 Å². The average molecular weight is 452 g/mol. The van der Waals surface area contributed by atoms with Crippen molar-refractivity contribution in [1.29, 1.82) is 0 Å². The van der Waals surface area contributed by atoms with E-state index in [1.54, 1.807) is 0 Å². The van der Waals surface area contributed by atoms with Gasteiger partial charge in [-0.1, -0.05) is 0 Å². The molecule has 0 aromatic carbocycles. The summed E-state index contributed by atoms with van der Waals surface area (Å²) in [7, 11) is 0. The Kier molecular flexibility index (Phi) is 19.0. The molecule has 0 amide bonds. The van der Waals surface area contributed by atoms with E-state index in [0.29, 0.717) is 26.2 Å². The summed E-state index contributed by atoms with van der Waals surface area (Å²) >= 11 is -11.2. The van der Waals surface area contributed by atoms with E-state index in [2.05, 4.69) is 10.6 Å². The predicted molar refractivity (Wildman–Crippen MR) is 74.4 cm³/mol. The minimum atomic E-state index is -11.2. The molecule has 0 rings (SSSR count). The molecule has 0 aromatic heterocycles. The molecule has 144 valence electrons. The molecule has 0 fully saturated rings. The largest absolute Gasteiger partial charge is 2.00 e. The fraction of sp³-hybridized carbons (Fsp3) is 1.00. The maximum absolute atomic E-state index is 11.2. The Labute approximate surface area is 137 Å². The second-order valence-corrected chi connectivity index (χ2v) is 8.22. The normalized spacial score (nSPS) is 13.4. The van der Waals surface area contributed by atoms with Gasteiger partial charge < -0.3 is 33.6 Å². The van der Waals surface area contributed by atoms with Gasteiger partial charge in [0.25, 0.3) is 0 Å². The van der Waals surface area contributed by atoms with Gasteiger partial charge in [0, 0.05) is 52.4 Å². The van der Waals surface area contributed by atoms with Crippen LogP contribution in [-0.4, -0.2) is 66.2 Å². The third-order valence-corrected chi connectivity index (χ3v) is 1.29. The molecule has 0 aliphatic heterocycles. The predicted octanol–water partition coefficient (Wildman–Crippen LogP) is -0.875. The maximum atomic E-state index is 9.92. The molecule has 0 saturated heterocycles. The number of rotatable bonds is 8. The molecule has 22 heavy (non-hydrogen) atoms. The summed E-state index contributed by atoms with van der Waals surface area (Å²) in [4.78, 5) is 0. The van der Waals surface area contributed by atoms with Crippen LogP contribution in [0.1, 0.15) is 0 Å². The molecule has 6 nitrogen and oxygen atoms in total. The van der Waals surface area contributed by atoms with Crippen LogP contribution in [-0.2, 0) is 16.5 Å². The fourth-order valence-corrected chi connectivity index (χ4v) is 0.631. The van der Waals surface area contributed by atoms with Gasteiger partial charge in [-0.3, -0.25) is 0 Å². The number of halogens is 6. The van der Waals surface area contributed by atoms with E-state index in [9.17, 15) is 21.0 Å². The Bertz CT molecular complexity index is 207. The van der Waals surface area contributed by atoms with Crippen LogP contribution in [0.2, 0.25) is 0 Å². The Morgan fingerprint density at radius 1 is 0.545 bits per heavy atom. The first-order valence-electron chi connectivity index (χ1n) is 6.18. The van der Waals surface area contributed by atoms with Gasteiger partial charge in [0.15, 0.2) is 0 Å². The molecule has 0 heterocycles. The van der Waals surface area contributed by atoms with Gasteiger partial charge in [-0.05, 0) is 0 Å². The second kappa shape index (κ2) is 13.8. The summed E-state index contributed by atoms with van der Waals surface area (Å²) in [6, 6.07) is 0. The van der Waals surface area contributed by atoms with Crippen LogP contribution < -0.4 is 33.6 Å². The first-order chi connectivity index (χ1) is 9.28. The third kappa shape index (κ3) is 109. The third-order valence-electron chi connectivity index (χ3n) is 1.29. The zero-order valence-corrected chi connectivity index (χ0v) is 15.1. The van der Waals surface area contributed by atoms with Gasteiger partial charge in [0.05, 0.1) is 0 Å². The van der Waals surface area contributed by atoms with Crippen molar-refractivity contribution in [2.45, 2.75) is 0 Å². The van der Waals surface area contributed by atoms with Gasteiger partial charge in [0.2, 0.25) is 0 Å². The van der Waals surface area contributed by atoms with Crippen molar-refractivity contribution in [2.24, 2.45) is 22.9 Å². The van der Waals surface area contributed by atoms with E-state index < -0.39 is 13.9 Å². The van der Waals surface area contributed by atoms with Crippen LogP contribution in [0, 0.1) is 0 Å². The summed E-state index contributed by atoms with van der Waals surface area (Å²) in [5.41, 5.74) is 20.3. The Balaban J connectivity index is -0.000000118. The summed E-state index contributed by atoms with van der Waals surface area (Å²) in [6.45, 7) is 6.33. The van der Waals surface area contributed by atoms with Crippen LogP contribution in [0.4, 0.5) is 21.0 Å². The molecular weight excluding hydrogens is 425 g/mol. The molecule has 0 aromatic rings. The summed E-state index contributed by atoms with van der Waals surface area (Å²) < 4.78 is 59.5. The number of nitrogens with two attached hydrogens (primary N) is 4. The van der Waals surface area contributed by atoms with E-state index in [0.717, 1.165) is 26.2 Å².